The van der Waals surface area contributed by atoms with Crippen LogP contribution in [-0.4, -0.2) is 58.9 Å². The van der Waals surface area contributed by atoms with Gasteiger partial charge in [0, 0.05) is 56.6 Å². The van der Waals surface area contributed by atoms with E-state index in [1.165, 1.54) is 43.2 Å². The Labute approximate surface area is 190 Å². The third kappa shape index (κ3) is 4.51. The third-order valence-electron chi connectivity index (χ3n) is 7.20. The number of nitrogens with zero attached hydrogens (tertiary/aromatic N) is 3. The average Bonchev–Trinajstić information content (AvgIpc) is 3.29. The van der Waals surface area contributed by atoms with Crippen LogP contribution in [0.1, 0.15) is 53.6 Å². The van der Waals surface area contributed by atoms with Gasteiger partial charge < -0.3 is 15.1 Å². The Morgan fingerprint density at radius 2 is 1.38 bits per heavy atom. The molecule has 1 N–H and O–H groups in total. The van der Waals surface area contributed by atoms with Crippen LogP contribution in [0.4, 0.5) is 10.5 Å². The smallest absolute Gasteiger partial charge is 0.322 e. The van der Waals surface area contributed by atoms with E-state index in [1.807, 2.05) is 41.3 Å². The topological polar surface area (TPSA) is 55.9 Å². The summed E-state index contributed by atoms with van der Waals surface area (Å²) in [7, 11) is 0. The zero-order valence-electron chi connectivity index (χ0n) is 18.6. The van der Waals surface area contributed by atoms with Crippen molar-refractivity contribution in [2.75, 3.05) is 31.5 Å². The molecule has 2 aromatic rings. The van der Waals surface area contributed by atoms with Gasteiger partial charge in [-0.25, -0.2) is 4.79 Å². The van der Waals surface area contributed by atoms with E-state index in [0.29, 0.717) is 30.4 Å². The summed E-state index contributed by atoms with van der Waals surface area (Å²) in [4.78, 5) is 32.0. The van der Waals surface area contributed by atoms with Crippen LogP contribution in [-0.2, 0) is 13.1 Å². The number of urea groups is 1. The number of piperazine rings is 1. The quantitative estimate of drug-likeness (QED) is 0.786. The monoisotopic (exact) mass is 432 g/mol. The fourth-order valence-electron chi connectivity index (χ4n) is 5.29. The van der Waals surface area contributed by atoms with Gasteiger partial charge in [-0.3, -0.25) is 9.69 Å². The number of rotatable bonds is 3. The zero-order valence-corrected chi connectivity index (χ0v) is 18.6. The van der Waals surface area contributed by atoms with Crippen molar-refractivity contribution < 1.29 is 9.59 Å². The van der Waals surface area contributed by atoms with Crippen molar-refractivity contribution in [2.24, 2.45) is 0 Å². The molecule has 0 unspecified atom stereocenters. The highest BCUT2D eigenvalue weighted by Crippen LogP contribution is 2.25. The Morgan fingerprint density at radius 3 is 2.00 bits per heavy atom. The Bertz CT molecular complexity index is 935. The lowest BCUT2D eigenvalue weighted by atomic mass is 9.94. The van der Waals surface area contributed by atoms with E-state index in [2.05, 4.69) is 22.3 Å². The summed E-state index contributed by atoms with van der Waals surface area (Å²) >= 11 is 0. The Morgan fingerprint density at radius 1 is 0.750 bits per heavy atom. The Balaban J connectivity index is 1.13. The second-order valence-electron chi connectivity index (χ2n) is 9.25. The SMILES string of the molecule is O=C(Nc1ccc(C(=O)N2CCN(C3CCCCC3)CC2)cc1)N1Cc2ccccc2C1. The minimum absolute atomic E-state index is 0.0844. The number of benzene rings is 2. The fraction of sp³-hybridized carbons (Fsp3) is 0.462. The van der Waals surface area contributed by atoms with Gasteiger partial charge >= 0.3 is 6.03 Å². The van der Waals surface area contributed by atoms with Crippen LogP contribution in [0.15, 0.2) is 48.5 Å². The van der Waals surface area contributed by atoms with Gasteiger partial charge in [0.15, 0.2) is 0 Å². The molecular weight excluding hydrogens is 400 g/mol. The maximum atomic E-state index is 13.0. The lowest BCUT2D eigenvalue weighted by Gasteiger charge is -2.40. The summed E-state index contributed by atoms with van der Waals surface area (Å²) in [5.41, 5.74) is 3.80. The second-order valence-corrected chi connectivity index (χ2v) is 9.25. The van der Waals surface area contributed by atoms with E-state index < -0.39 is 0 Å². The minimum atomic E-state index is -0.112. The highest BCUT2D eigenvalue weighted by molar-refractivity contribution is 5.95. The number of fused-ring (bicyclic) bond motifs is 1. The summed E-state index contributed by atoms with van der Waals surface area (Å²) in [5, 5.41) is 2.96. The number of anilines is 1. The number of nitrogens with one attached hydrogen (secondary N) is 1. The van der Waals surface area contributed by atoms with Gasteiger partial charge in [-0.15, -0.1) is 0 Å². The maximum absolute atomic E-state index is 13.0. The lowest BCUT2D eigenvalue weighted by molar-refractivity contribution is 0.0523. The second kappa shape index (κ2) is 9.33. The van der Waals surface area contributed by atoms with Gasteiger partial charge in [0.1, 0.15) is 0 Å². The van der Waals surface area contributed by atoms with Crippen molar-refractivity contribution in [1.29, 1.82) is 0 Å². The van der Waals surface area contributed by atoms with Crippen LogP contribution in [0.3, 0.4) is 0 Å². The van der Waals surface area contributed by atoms with Gasteiger partial charge in [0.2, 0.25) is 0 Å². The molecule has 2 heterocycles. The molecule has 1 aliphatic carbocycles. The summed E-state index contributed by atoms with van der Waals surface area (Å²) in [6, 6.07) is 16.0. The van der Waals surface area contributed by atoms with Crippen molar-refractivity contribution in [3.05, 3.63) is 65.2 Å². The molecule has 0 radical (unpaired) electrons. The highest BCUT2D eigenvalue weighted by Gasteiger charge is 2.27. The molecule has 1 saturated heterocycles. The van der Waals surface area contributed by atoms with Crippen molar-refractivity contribution in [3.63, 3.8) is 0 Å². The normalized spacial score (nSPS) is 19.6. The minimum Gasteiger partial charge on any atom is -0.336 e. The van der Waals surface area contributed by atoms with Crippen molar-refractivity contribution in [1.82, 2.24) is 14.7 Å². The van der Waals surface area contributed by atoms with E-state index in [0.717, 1.165) is 26.2 Å². The standard InChI is InChI=1S/C26H32N4O2/c31-25(29-16-14-28(15-17-29)24-8-2-1-3-9-24)20-10-12-23(13-11-20)27-26(32)30-18-21-6-4-5-7-22(21)19-30/h4-7,10-13,24H,1-3,8-9,14-19H2,(H,27,32). The summed E-state index contributed by atoms with van der Waals surface area (Å²) in [6.07, 6.45) is 6.68. The van der Waals surface area contributed by atoms with Crippen LogP contribution >= 0.6 is 0 Å². The first-order valence-corrected chi connectivity index (χ1v) is 11.9. The molecule has 168 valence electrons. The molecule has 0 bridgehead atoms. The lowest BCUT2D eigenvalue weighted by Crippen LogP contribution is -2.52. The van der Waals surface area contributed by atoms with E-state index >= 15 is 0 Å². The van der Waals surface area contributed by atoms with Gasteiger partial charge in [-0.2, -0.15) is 0 Å². The molecular formula is C26H32N4O2. The molecule has 3 aliphatic rings. The van der Waals surface area contributed by atoms with Crippen LogP contribution in [0.25, 0.3) is 0 Å². The third-order valence-corrected chi connectivity index (χ3v) is 7.20. The van der Waals surface area contributed by atoms with Gasteiger partial charge in [0.25, 0.3) is 5.91 Å². The summed E-state index contributed by atoms with van der Waals surface area (Å²) < 4.78 is 0. The molecule has 0 spiro atoms. The van der Waals surface area contributed by atoms with E-state index in [1.54, 1.807) is 4.90 Å². The molecule has 5 rings (SSSR count). The molecule has 2 fully saturated rings. The van der Waals surface area contributed by atoms with E-state index in [4.69, 9.17) is 0 Å². The molecule has 2 aromatic carbocycles. The maximum Gasteiger partial charge on any atom is 0.322 e. The Hall–Kier alpha value is -2.86. The first-order valence-electron chi connectivity index (χ1n) is 11.9. The summed E-state index contributed by atoms with van der Waals surface area (Å²) in [6.45, 7) is 4.80. The van der Waals surface area contributed by atoms with Crippen molar-refractivity contribution in [2.45, 2.75) is 51.2 Å². The number of hydrogen-bond donors (Lipinski definition) is 1. The molecule has 6 nitrogen and oxygen atoms in total. The van der Waals surface area contributed by atoms with Crippen molar-refractivity contribution >= 4 is 17.6 Å². The number of carbonyl (C=O) groups excluding carboxylic acids is 2. The molecule has 0 atom stereocenters. The zero-order chi connectivity index (χ0) is 21.9. The van der Waals surface area contributed by atoms with Crippen LogP contribution < -0.4 is 5.32 Å². The molecule has 3 amide bonds. The first-order chi connectivity index (χ1) is 15.7. The van der Waals surface area contributed by atoms with Crippen LogP contribution in [0, 0.1) is 0 Å². The van der Waals surface area contributed by atoms with Gasteiger partial charge in [-0.05, 0) is 48.2 Å². The van der Waals surface area contributed by atoms with Crippen LogP contribution in [0.2, 0.25) is 0 Å². The molecule has 32 heavy (non-hydrogen) atoms. The molecule has 1 saturated carbocycles. The predicted molar refractivity (Wildman–Crippen MR) is 125 cm³/mol. The number of carbonyl (C=O) groups is 2. The fourth-order valence-corrected chi connectivity index (χ4v) is 5.29. The first kappa shape index (κ1) is 21.0. The number of hydrogen-bond acceptors (Lipinski definition) is 3. The Kier molecular flexibility index (Phi) is 6.12. The largest absolute Gasteiger partial charge is 0.336 e. The molecule has 0 aromatic heterocycles. The predicted octanol–water partition coefficient (Wildman–Crippen LogP) is 4.32. The van der Waals surface area contributed by atoms with Gasteiger partial charge in [0.05, 0.1) is 0 Å². The molecule has 2 aliphatic heterocycles. The van der Waals surface area contributed by atoms with E-state index in [9.17, 15) is 9.59 Å². The highest BCUT2D eigenvalue weighted by atomic mass is 16.2. The average molecular weight is 433 g/mol. The van der Waals surface area contributed by atoms with Crippen LogP contribution in [0.5, 0.6) is 0 Å². The number of amides is 3. The van der Waals surface area contributed by atoms with Crippen molar-refractivity contribution in [3.8, 4) is 0 Å². The van der Waals surface area contributed by atoms with E-state index in [-0.39, 0.29) is 11.9 Å². The molecule has 6 heteroatoms. The van der Waals surface area contributed by atoms with Gasteiger partial charge in [-0.1, -0.05) is 43.5 Å². The summed E-state index contributed by atoms with van der Waals surface area (Å²) in [5.74, 6) is 0.0844.